The highest BCUT2D eigenvalue weighted by molar-refractivity contribution is 5.94. The molecule has 4 aromatic rings. The van der Waals surface area contributed by atoms with E-state index in [1.165, 1.54) is 6.26 Å². The van der Waals surface area contributed by atoms with Crippen molar-refractivity contribution >= 4 is 17.4 Å². The van der Waals surface area contributed by atoms with Crippen molar-refractivity contribution in [2.24, 2.45) is 11.3 Å². The van der Waals surface area contributed by atoms with Gasteiger partial charge in [-0.1, -0.05) is 56.7 Å². The highest BCUT2D eigenvalue weighted by atomic mass is 16.5. The molecule has 5 heterocycles. The summed E-state index contributed by atoms with van der Waals surface area (Å²) < 4.78 is 19.2. The Morgan fingerprint density at radius 2 is 1.93 bits per heavy atom. The average Bonchev–Trinajstić information content (AvgIpc) is 3.74. The maximum absolute atomic E-state index is 14.1. The number of ketones is 1. The summed E-state index contributed by atoms with van der Waals surface area (Å²) in [6.45, 7) is 9.70. The van der Waals surface area contributed by atoms with E-state index in [0.717, 1.165) is 28.0 Å². The smallest absolute Gasteiger partial charge is 0.250 e. The van der Waals surface area contributed by atoms with E-state index in [-0.39, 0.29) is 35.6 Å². The fourth-order valence-electron chi connectivity index (χ4n) is 6.73. The lowest BCUT2D eigenvalue weighted by Crippen LogP contribution is -2.42. The molecule has 4 bridgehead atoms. The molecule has 0 radical (unpaired) electrons. The van der Waals surface area contributed by atoms with Crippen LogP contribution in [0.1, 0.15) is 81.1 Å². The largest absolute Gasteiger partial charge is 0.469 e. The molecule has 10 heteroatoms. The first-order valence-corrected chi connectivity index (χ1v) is 15.0. The van der Waals surface area contributed by atoms with Gasteiger partial charge in [0.25, 0.3) is 0 Å². The number of aromatic nitrogens is 2. The third-order valence-corrected chi connectivity index (χ3v) is 8.72. The quantitative estimate of drug-likeness (QED) is 0.269. The number of ether oxygens (including phenoxy) is 1. The van der Waals surface area contributed by atoms with Crippen LogP contribution in [-0.2, 0) is 21.4 Å². The van der Waals surface area contributed by atoms with Crippen LogP contribution < -0.4 is 15.4 Å². The standard InChI is InChI=1S/C35H33N5O5/c1-18(2)12-22(41)15-20-13-19-10-11-26-24(14-19)35(23-8-6-7-9-25(23)38-33(35)44-26)29-27(31-37-21(16-36)17-43-31)39-32(45-29)28(34(3,4)5)40-30(20)42/h6-12,14,17,20,28,33,38H,13,15H2,1-5H3,(H,40,42)/t20-,28-,33+,35?/m1/s1. The molecule has 1 unspecified atom stereocenters. The first-order valence-electron chi connectivity index (χ1n) is 15.0. The van der Waals surface area contributed by atoms with Gasteiger partial charge in [0.1, 0.15) is 29.5 Å². The van der Waals surface area contributed by atoms with Gasteiger partial charge in [-0.15, -0.1) is 0 Å². The van der Waals surface area contributed by atoms with Crippen LogP contribution in [0.4, 0.5) is 5.69 Å². The second-order valence-electron chi connectivity index (χ2n) is 13.3. The van der Waals surface area contributed by atoms with E-state index in [1.807, 2.05) is 83.2 Å². The minimum atomic E-state index is -1.01. The summed E-state index contributed by atoms with van der Waals surface area (Å²) in [5.41, 5.74) is 3.25. The molecule has 2 N–H and O–H groups in total. The Hall–Kier alpha value is -5.17. The summed E-state index contributed by atoms with van der Waals surface area (Å²) in [5.74, 6) is 0.451. The van der Waals surface area contributed by atoms with Gasteiger partial charge in [0.15, 0.2) is 29.2 Å². The van der Waals surface area contributed by atoms with Crippen LogP contribution >= 0.6 is 0 Å². The maximum atomic E-state index is 14.1. The van der Waals surface area contributed by atoms with Gasteiger partial charge in [-0.2, -0.15) is 10.2 Å². The number of nitrogens with zero attached hydrogens (tertiary/aromatic N) is 3. The third-order valence-electron chi connectivity index (χ3n) is 8.72. The topological polar surface area (TPSA) is 143 Å². The summed E-state index contributed by atoms with van der Waals surface area (Å²) >= 11 is 0. The van der Waals surface area contributed by atoms with Gasteiger partial charge in [-0.25, -0.2) is 4.98 Å². The lowest BCUT2D eigenvalue weighted by molar-refractivity contribution is -0.129. The minimum Gasteiger partial charge on any atom is -0.469 e. The normalized spacial score (nSPS) is 22.8. The lowest BCUT2D eigenvalue weighted by Gasteiger charge is -2.31. The molecule has 7 rings (SSSR count). The monoisotopic (exact) mass is 603 g/mol. The number of carbonyl (C=O) groups is 2. The van der Waals surface area contributed by atoms with Crippen molar-refractivity contribution in [2.75, 3.05) is 5.32 Å². The van der Waals surface area contributed by atoms with Crippen molar-refractivity contribution < 1.29 is 23.2 Å². The van der Waals surface area contributed by atoms with Crippen LogP contribution in [0.2, 0.25) is 0 Å². The predicted octanol–water partition coefficient (Wildman–Crippen LogP) is 5.98. The van der Waals surface area contributed by atoms with Crippen LogP contribution in [0.3, 0.4) is 0 Å². The number of fused-ring (bicyclic) bond motifs is 4. The molecule has 0 fully saturated rings. The lowest BCUT2D eigenvalue weighted by atomic mass is 9.72. The molecule has 1 spiro atoms. The molecule has 1 amide bonds. The number of anilines is 1. The summed E-state index contributed by atoms with van der Waals surface area (Å²) in [5, 5.41) is 16.3. The van der Waals surface area contributed by atoms with Gasteiger partial charge in [0.05, 0.1) is 0 Å². The van der Waals surface area contributed by atoms with E-state index in [0.29, 0.717) is 23.6 Å². The zero-order chi connectivity index (χ0) is 31.7. The van der Waals surface area contributed by atoms with Gasteiger partial charge in [-0.3, -0.25) is 9.59 Å². The Balaban J connectivity index is 1.52. The molecule has 228 valence electrons. The summed E-state index contributed by atoms with van der Waals surface area (Å²) in [7, 11) is 0. The number of hydrogen-bond donors (Lipinski definition) is 2. The van der Waals surface area contributed by atoms with Crippen LogP contribution in [-0.4, -0.2) is 27.9 Å². The number of allylic oxidation sites excluding steroid dienone is 2. The Morgan fingerprint density at radius 1 is 1.13 bits per heavy atom. The van der Waals surface area contributed by atoms with Gasteiger partial charge in [0.2, 0.25) is 17.7 Å². The Labute approximate surface area is 260 Å². The predicted molar refractivity (Wildman–Crippen MR) is 164 cm³/mol. The summed E-state index contributed by atoms with van der Waals surface area (Å²) in [6, 6.07) is 15.2. The Kier molecular flexibility index (Phi) is 6.48. The first-order chi connectivity index (χ1) is 21.5. The molecule has 0 saturated heterocycles. The van der Waals surface area contributed by atoms with Crippen molar-refractivity contribution in [3.8, 4) is 23.4 Å². The first kappa shape index (κ1) is 28.6. The molecule has 0 saturated carbocycles. The molecular formula is C35H33N5O5. The minimum absolute atomic E-state index is 0.0505. The van der Waals surface area contributed by atoms with Crippen molar-refractivity contribution in [2.45, 2.75) is 65.1 Å². The number of rotatable bonds is 4. The molecule has 3 aliphatic rings. The van der Waals surface area contributed by atoms with E-state index in [4.69, 9.17) is 18.6 Å². The highest BCUT2D eigenvalue weighted by Crippen LogP contribution is 2.59. The van der Waals surface area contributed by atoms with E-state index >= 15 is 0 Å². The zero-order valence-corrected chi connectivity index (χ0v) is 25.7. The summed E-state index contributed by atoms with van der Waals surface area (Å²) in [4.78, 5) is 36.4. The molecule has 10 nitrogen and oxygen atoms in total. The molecule has 0 aliphatic carbocycles. The second-order valence-corrected chi connectivity index (χ2v) is 13.3. The third kappa shape index (κ3) is 4.53. The number of carbonyl (C=O) groups excluding carboxylic acids is 2. The van der Waals surface area contributed by atoms with E-state index in [2.05, 4.69) is 15.6 Å². The molecule has 45 heavy (non-hydrogen) atoms. The van der Waals surface area contributed by atoms with Gasteiger partial charge < -0.3 is 24.2 Å². The average molecular weight is 604 g/mol. The molecular weight excluding hydrogens is 570 g/mol. The maximum Gasteiger partial charge on any atom is 0.250 e. The van der Waals surface area contributed by atoms with Crippen LogP contribution in [0, 0.1) is 22.7 Å². The number of nitriles is 1. The number of para-hydroxylation sites is 1. The van der Waals surface area contributed by atoms with Gasteiger partial charge in [0, 0.05) is 23.6 Å². The number of nitrogens with one attached hydrogen (secondary N) is 2. The van der Waals surface area contributed by atoms with Crippen molar-refractivity contribution in [3.05, 3.63) is 94.4 Å². The number of hydrogen-bond acceptors (Lipinski definition) is 9. The van der Waals surface area contributed by atoms with Crippen LogP contribution in [0.15, 0.2) is 69.2 Å². The van der Waals surface area contributed by atoms with E-state index in [9.17, 15) is 14.9 Å². The van der Waals surface area contributed by atoms with Crippen molar-refractivity contribution in [1.29, 1.82) is 5.26 Å². The SMILES string of the molecule is CC(C)=CC(=O)C[C@H]1Cc2ccc3c(c2)C2(c4ccccc4N[C@H]2O3)c2oc(nc2-c2nc(C#N)co2)[C@H](C(C)(C)C)NC1=O. The fourth-order valence-corrected chi connectivity index (χ4v) is 6.73. The molecule has 4 atom stereocenters. The highest BCUT2D eigenvalue weighted by Gasteiger charge is 2.61. The van der Waals surface area contributed by atoms with Crippen molar-refractivity contribution in [1.82, 2.24) is 15.3 Å². The number of amides is 1. The van der Waals surface area contributed by atoms with E-state index < -0.39 is 29.0 Å². The molecule has 2 aromatic heterocycles. The second kappa shape index (κ2) is 10.2. The Morgan fingerprint density at radius 3 is 2.67 bits per heavy atom. The van der Waals surface area contributed by atoms with Gasteiger partial charge >= 0.3 is 0 Å². The Bertz CT molecular complexity index is 1940. The van der Waals surface area contributed by atoms with Crippen LogP contribution in [0.5, 0.6) is 5.75 Å². The summed E-state index contributed by atoms with van der Waals surface area (Å²) in [6.07, 6.45) is 2.67. The molecule has 2 aromatic carbocycles. The fraction of sp³-hybridized carbons (Fsp3) is 0.343. The zero-order valence-electron chi connectivity index (χ0n) is 25.7. The molecule has 3 aliphatic heterocycles. The van der Waals surface area contributed by atoms with E-state index in [1.54, 1.807) is 6.08 Å². The number of oxazole rings is 2. The van der Waals surface area contributed by atoms with Crippen molar-refractivity contribution in [3.63, 3.8) is 0 Å². The number of benzene rings is 2. The van der Waals surface area contributed by atoms with Crippen LogP contribution in [0.25, 0.3) is 11.6 Å². The van der Waals surface area contributed by atoms with Gasteiger partial charge in [-0.05, 0) is 55.0 Å².